The van der Waals surface area contributed by atoms with E-state index >= 15 is 0 Å². The molecule has 8 nitrogen and oxygen atoms in total. The number of nitrogens with zero attached hydrogens (tertiary/aromatic N) is 2. The zero-order valence-electron chi connectivity index (χ0n) is 13.1. The fraction of sp³-hybridized carbons (Fsp3) is 0.125. The molecule has 0 bridgehead atoms. The lowest BCUT2D eigenvalue weighted by atomic mass is 10.2. The number of carbonyl (C=O) groups is 1. The van der Waals surface area contributed by atoms with Crippen molar-refractivity contribution >= 4 is 17.8 Å². The molecule has 24 heavy (non-hydrogen) atoms. The van der Waals surface area contributed by atoms with Crippen LogP contribution in [-0.4, -0.2) is 31.3 Å². The SMILES string of the molecule is COc1ccc(C(=O)NN=Cc2cccc([N+](=O)[O-])c2)c(OC)c1. The zero-order chi connectivity index (χ0) is 17.5. The molecule has 0 atom stereocenters. The molecule has 8 heteroatoms. The highest BCUT2D eigenvalue weighted by Crippen LogP contribution is 2.24. The molecule has 1 N–H and O–H groups in total. The van der Waals surface area contributed by atoms with E-state index in [9.17, 15) is 14.9 Å². The molecule has 0 aliphatic carbocycles. The van der Waals surface area contributed by atoms with Crippen molar-refractivity contribution in [3.63, 3.8) is 0 Å². The molecule has 2 aromatic carbocycles. The largest absolute Gasteiger partial charge is 0.497 e. The Kier molecular flexibility index (Phi) is 5.45. The lowest BCUT2D eigenvalue weighted by molar-refractivity contribution is -0.384. The van der Waals surface area contributed by atoms with Crippen LogP contribution in [0.2, 0.25) is 0 Å². The van der Waals surface area contributed by atoms with Crippen LogP contribution in [0.3, 0.4) is 0 Å². The van der Waals surface area contributed by atoms with Gasteiger partial charge >= 0.3 is 0 Å². The number of carbonyl (C=O) groups excluding carboxylic acids is 1. The normalized spacial score (nSPS) is 10.4. The van der Waals surface area contributed by atoms with Crippen LogP contribution in [-0.2, 0) is 0 Å². The average Bonchev–Trinajstić information content (AvgIpc) is 2.61. The molecule has 0 aliphatic rings. The van der Waals surface area contributed by atoms with E-state index in [1.54, 1.807) is 24.3 Å². The molecular weight excluding hydrogens is 314 g/mol. The molecular formula is C16H15N3O5. The summed E-state index contributed by atoms with van der Waals surface area (Å²) in [7, 11) is 2.95. The molecule has 124 valence electrons. The Hall–Kier alpha value is -3.42. The first-order valence-corrected chi connectivity index (χ1v) is 6.85. The second-order valence-electron chi connectivity index (χ2n) is 4.62. The second-order valence-corrected chi connectivity index (χ2v) is 4.62. The van der Waals surface area contributed by atoms with Gasteiger partial charge in [0.1, 0.15) is 11.5 Å². The number of amides is 1. The molecule has 0 saturated carbocycles. The van der Waals surface area contributed by atoms with E-state index in [0.29, 0.717) is 17.1 Å². The predicted molar refractivity (Wildman–Crippen MR) is 87.7 cm³/mol. The van der Waals surface area contributed by atoms with Gasteiger partial charge in [-0.05, 0) is 12.1 Å². The minimum atomic E-state index is -0.502. The van der Waals surface area contributed by atoms with Crippen LogP contribution in [0.5, 0.6) is 11.5 Å². The summed E-state index contributed by atoms with van der Waals surface area (Å²) in [5.41, 5.74) is 3.07. The lowest BCUT2D eigenvalue weighted by Crippen LogP contribution is -2.18. The van der Waals surface area contributed by atoms with Gasteiger partial charge in [-0.2, -0.15) is 5.10 Å². The monoisotopic (exact) mass is 329 g/mol. The van der Waals surface area contributed by atoms with Crippen LogP contribution in [0.1, 0.15) is 15.9 Å². The van der Waals surface area contributed by atoms with Crippen molar-refractivity contribution in [2.24, 2.45) is 5.10 Å². The van der Waals surface area contributed by atoms with Crippen LogP contribution < -0.4 is 14.9 Å². The van der Waals surface area contributed by atoms with Gasteiger partial charge in [-0.25, -0.2) is 5.43 Å². The van der Waals surface area contributed by atoms with Gasteiger partial charge in [0.15, 0.2) is 0 Å². The number of ether oxygens (including phenoxy) is 2. The predicted octanol–water partition coefficient (Wildman–Crippen LogP) is 2.38. The van der Waals surface area contributed by atoms with Gasteiger partial charge in [0.2, 0.25) is 0 Å². The van der Waals surface area contributed by atoms with Crippen molar-refractivity contribution in [3.8, 4) is 11.5 Å². The van der Waals surface area contributed by atoms with Crippen molar-refractivity contribution in [1.82, 2.24) is 5.43 Å². The summed E-state index contributed by atoms with van der Waals surface area (Å²) in [6.07, 6.45) is 1.32. The van der Waals surface area contributed by atoms with Crippen molar-refractivity contribution in [2.75, 3.05) is 14.2 Å². The van der Waals surface area contributed by atoms with Crippen LogP contribution >= 0.6 is 0 Å². The van der Waals surface area contributed by atoms with E-state index in [1.165, 1.54) is 38.6 Å². The molecule has 2 rings (SSSR count). The molecule has 2 aromatic rings. The molecule has 0 spiro atoms. The number of nitrogens with one attached hydrogen (secondary N) is 1. The first-order chi connectivity index (χ1) is 11.5. The summed E-state index contributed by atoms with van der Waals surface area (Å²) in [6, 6.07) is 10.7. The van der Waals surface area contributed by atoms with E-state index in [0.717, 1.165) is 0 Å². The number of methoxy groups -OCH3 is 2. The van der Waals surface area contributed by atoms with Crippen molar-refractivity contribution < 1.29 is 19.2 Å². The van der Waals surface area contributed by atoms with Gasteiger partial charge in [-0.3, -0.25) is 14.9 Å². The molecule has 0 aromatic heterocycles. The smallest absolute Gasteiger partial charge is 0.275 e. The Morgan fingerprint density at radius 3 is 2.67 bits per heavy atom. The Bertz CT molecular complexity index is 789. The minimum Gasteiger partial charge on any atom is -0.497 e. The highest BCUT2D eigenvalue weighted by Gasteiger charge is 2.12. The molecule has 0 unspecified atom stereocenters. The molecule has 0 saturated heterocycles. The third kappa shape index (κ3) is 4.07. The number of hydrogen-bond donors (Lipinski definition) is 1. The third-order valence-corrected chi connectivity index (χ3v) is 3.11. The van der Waals surface area contributed by atoms with Gasteiger partial charge in [0.05, 0.1) is 30.9 Å². The highest BCUT2D eigenvalue weighted by atomic mass is 16.6. The van der Waals surface area contributed by atoms with Crippen LogP contribution in [0.25, 0.3) is 0 Å². The summed E-state index contributed by atoms with van der Waals surface area (Å²) in [4.78, 5) is 22.3. The number of benzene rings is 2. The van der Waals surface area contributed by atoms with Gasteiger partial charge < -0.3 is 9.47 Å². The van der Waals surface area contributed by atoms with Gasteiger partial charge in [-0.15, -0.1) is 0 Å². The zero-order valence-corrected chi connectivity index (χ0v) is 13.1. The van der Waals surface area contributed by atoms with Crippen molar-refractivity contribution in [3.05, 3.63) is 63.7 Å². The number of hydrogen-bond acceptors (Lipinski definition) is 6. The quantitative estimate of drug-likeness (QED) is 0.498. The van der Waals surface area contributed by atoms with Crippen molar-refractivity contribution in [1.29, 1.82) is 0 Å². The van der Waals surface area contributed by atoms with Gasteiger partial charge in [-0.1, -0.05) is 12.1 Å². The first kappa shape index (κ1) is 16.9. The van der Waals surface area contributed by atoms with Crippen LogP contribution in [0.4, 0.5) is 5.69 Å². The number of rotatable bonds is 6. The van der Waals surface area contributed by atoms with Crippen molar-refractivity contribution in [2.45, 2.75) is 0 Å². The third-order valence-electron chi connectivity index (χ3n) is 3.11. The Balaban J connectivity index is 2.10. The molecule has 0 radical (unpaired) electrons. The standard InChI is InChI=1S/C16H15N3O5/c1-23-13-6-7-14(15(9-13)24-2)16(20)18-17-10-11-4-3-5-12(8-11)19(21)22/h3-10H,1-2H3,(H,18,20). The Morgan fingerprint density at radius 2 is 2.00 bits per heavy atom. The Labute approximate surface area is 137 Å². The summed E-state index contributed by atoms with van der Waals surface area (Å²) >= 11 is 0. The molecule has 0 heterocycles. The summed E-state index contributed by atoms with van der Waals surface area (Å²) in [6.45, 7) is 0. The fourth-order valence-electron chi connectivity index (χ4n) is 1.93. The van der Waals surface area contributed by atoms with Crippen LogP contribution in [0, 0.1) is 10.1 Å². The molecule has 0 fully saturated rings. The van der Waals surface area contributed by atoms with E-state index < -0.39 is 10.8 Å². The second kappa shape index (κ2) is 7.73. The van der Waals surface area contributed by atoms with E-state index in [-0.39, 0.29) is 11.3 Å². The van der Waals surface area contributed by atoms with Crippen LogP contribution in [0.15, 0.2) is 47.6 Å². The summed E-state index contributed by atoms with van der Waals surface area (Å²) in [5, 5.41) is 14.5. The number of non-ortho nitro benzene ring substituents is 1. The van der Waals surface area contributed by atoms with Gasteiger partial charge in [0.25, 0.3) is 11.6 Å². The number of nitro groups is 1. The maximum Gasteiger partial charge on any atom is 0.275 e. The summed E-state index contributed by atoms with van der Waals surface area (Å²) in [5.74, 6) is 0.428. The maximum atomic E-state index is 12.1. The number of hydrazone groups is 1. The maximum absolute atomic E-state index is 12.1. The average molecular weight is 329 g/mol. The summed E-state index contributed by atoms with van der Waals surface area (Å²) < 4.78 is 10.2. The molecule has 0 aliphatic heterocycles. The highest BCUT2D eigenvalue weighted by molar-refractivity contribution is 5.97. The first-order valence-electron chi connectivity index (χ1n) is 6.85. The van der Waals surface area contributed by atoms with E-state index in [2.05, 4.69) is 10.5 Å². The molecule has 1 amide bonds. The fourth-order valence-corrected chi connectivity index (χ4v) is 1.93. The topological polar surface area (TPSA) is 103 Å². The van der Waals surface area contributed by atoms with E-state index in [4.69, 9.17) is 9.47 Å². The Morgan fingerprint density at radius 1 is 1.21 bits per heavy atom. The minimum absolute atomic E-state index is 0.0536. The lowest BCUT2D eigenvalue weighted by Gasteiger charge is -2.08. The van der Waals surface area contributed by atoms with E-state index in [1.807, 2.05) is 0 Å². The van der Waals surface area contributed by atoms with Gasteiger partial charge in [0, 0.05) is 23.8 Å². The number of nitro benzene ring substituents is 1.